The number of nitriles is 1. The topological polar surface area (TPSA) is 106 Å². The quantitative estimate of drug-likeness (QED) is 0.672. The molecule has 7 nitrogen and oxygen atoms in total. The highest BCUT2D eigenvalue weighted by molar-refractivity contribution is 5.56. The number of aromatic amines is 1. The van der Waals surface area contributed by atoms with Crippen LogP contribution in [0.5, 0.6) is 17.4 Å². The first-order valence-electron chi connectivity index (χ1n) is 9.50. The van der Waals surface area contributed by atoms with Crippen molar-refractivity contribution >= 4 is 0 Å². The number of rotatable bonds is 5. The van der Waals surface area contributed by atoms with E-state index in [0.29, 0.717) is 23.8 Å². The molecule has 1 aliphatic rings. The molecule has 0 saturated heterocycles. The van der Waals surface area contributed by atoms with Gasteiger partial charge in [0.25, 0.3) is 0 Å². The smallest absolute Gasteiger partial charge is 0.244 e. The summed E-state index contributed by atoms with van der Waals surface area (Å²) in [5.41, 5.74) is 10.9. The second kappa shape index (κ2) is 7.84. The Labute approximate surface area is 174 Å². The maximum absolute atomic E-state index is 9.74. The number of nitrogens with two attached hydrogens (primary N) is 1. The van der Waals surface area contributed by atoms with Gasteiger partial charge in [0.1, 0.15) is 29.7 Å². The molecule has 2 aromatic carbocycles. The summed E-state index contributed by atoms with van der Waals surface area (Å²) in [5.74, 6) is 1.55. The number of aryl methyl sites for hydroxylation is 2. The predicted molar refractivity (Wildman–Crippen MR) is 111 cm³/mol. The van der Waals surface area contributed by atoms with E-state index in [1.807, 2.05) is 56.3 Å². The molecule has 7 heteroatoms. The largest absolute Gasteiger partial charge is 0.496 e. The lowest BCUT2D eigenvalue weighted by Crippen LogP contribution is -2.21. The molecule has 0 radical (unpaired) electrons. The zero-order valence-corrected chi connectivity index (χ0v) is 17.0. The van der Waals surface area contributed by atoms with E-state index in [1.165, 1.54) is 5.56 Å². The fraction of sp³-hybridized carbons (Fsp3) is 0.217. The van der Waals surface area contributed by atoms with Crippen molar-refractivity contribution < 1.29 is 14.2 Å². The number of ether oxygens (including phenoxy) is 3. The minimum atomic E-state index is -0.387. The van der Waals surface area contributed by atoms with Gasteiger partial charge in [-0.3, -0.25) is 5.10 Å². The molecule has 0 aliphatic carbocycles. The van der Waals surface area contributed by atoms with E-state index in [0.717, 1.165) is 28.1 Å². The van der Waals surface area contributed by atoms with Crippen molar-refractivity contribution in [2.75, 3.05) is 7.11 Å². The Morgan fingerprint density at radius 2 is 1.97 bits per heavy atom. The molecule has 4 rings (SSSR count). The maximum atomic E-state index is 9.74. The van der Waals surface area contributed by atoms with E-state index in [9.17, 15) is 5.26 Å². The SMILES string of the molecule is COc1ccc([C@@H]2C(C#N)=C(N)Oc3n[nH]c(C)c32)cc1COc1ccc(C)cc1. The number of benzene rings is 2. The van der Waals surface area contributed by atoms with Crippen molar-refractivity contribution in [3.63, 3.8) is 0 Å². The Bertz CT molecular complexity index is 1160. The molecule has 3 aromatic rings. The molecule has 0 fully saturated rings. The first-order chi connectivity index (χ1) is 14.5. The van der Waals surface area contributed by atoms with E-state index in [2.05, 4.69) is 16.3 Å². The Morgan fingerprint density at radius 1 is 1.20 bits per heavy atom. The van der Waals surface area contributed by atoms with Gasteiger partial charge in [-0.1, -0.05) is 23.8 Å². The summed E-state index contributed by atoms with van der Waals surface area (Å²) < 4.78 is 17.0. The van der Waals surface area contributed by atoms with E-state index in [1.54, 1.807) is 7.11 Å². The highest BCUT2D eigenvalue weighted by Gasteiger charge is 2.34. The van der Waals surface area contributed by atoms with Crippen LogP contribution in [0.3, 0.4) is 0 Å². The molecule has 30 heavy (non-hydrogen) atoms. The number of methoxy groups -OCH3 is 1. The van der Waals surface area contributed by atoms with Crippen molar-refractivity contribution in [1.82, 2.24) is 10.2 Å². The monoisotopic (exact) mass is 402 g/mol. The summed E-state index contributed by atoms with van der Waals surface area (Å²) in [6.07, 6.45) is 0. The molecule has 0 unspecified atom stereocenters. The average Bonchev–Trinajstić information content (AvgIpc) is 3.12. The highest BCUT2D eigenvalue weighted by Crippen LogP contribution is 2.43. The summed E-state index contributed by atoms with van der Waals surface area (Å²) in [6.45, 7) is 4.24. The molecule has 1 atom stereocenters. The number of nitrogens with zero attached hydrogens (tertiary/aromatic N) is 2. The lowest BCUT2D eigenvalue weighted by Gasteiger charge is -2.24. The summed E-state index contributed by atoms with van der Waals surface area (Å²) >= 11 is 0. The van der Waals surface area contributed by atoms with Crippen LogP contribution in [0.4, 0.5) is 0 Å². The second-order valence-corrected chi connectivity index (χ2v) is 7.17. The Hall–Kier alpha value is -3.92. The van der Waals surface area contributed by atoms with Gasteiger partial charge in [0.15, 0.2) is 0 Å². The number of H-pyrrole nitrogens is 1. The van der Waals surface area contributed by atoms with Crippen LogP contribution < -0.4 is 19.9 Å². The van der Waals surface area contributed by atoms with Crippen LogP contribution in [-0.2, 0) is 6.61 Å². The molecule has 0 saturated carbocycles. The molecule has 0 spiro atoms. The van der Waals surface area contributed by atoms with Gasteiger partial charge in [-0.05, 0) is 43.7 Å². The van der Waals surface area contributed by atoms with Gasteiger partial charge in [-0.15, -0.1) is 5.10 Å². The van der Waals surface area contributed by atoms with Crippen LogP contribution in [-0.4, -0.2) is 17.3 Å². The van der Waals surface area contributed by atoms with Crippen molar-refractivity contribution in [2.45, 2.75) is 26.4 Å². The van der Waals surface area contributed by atoms with Gasteiger partial charge in [-0.2, -0.15) is 5.26 Å². The molecule has 1 aliphatic heterocycles. The van der Waals surface area contributed by atoms with Gasteiger partial charge in [0.2, 0.25) is 11.8 Å². The molecule has 0 bridgehead atoms. The van der Waals surface area contributed by atoms with Crippen LogP contribution in [0.25, 0.3) is 0 Å². The minimum Gasteiger partial charge on any atom is -0.496 e. The molecule has 3 N–H and O–H groups in total. The zero-order valence-electron chi connectivity index (χ0n) is 17.0. The summed E-state index contributed by atoms with van der Waals surface area (Å²) in [5, 5.41) is 16.8. The number of fused-ring (bicyclic) bond motifs is 1. The zero-order chi connectivity index (χ0) is 21.3. The van der Waals surface area contributed by atoms with E-state index in [-0.39, 0.29) is 11.8 Å². The third-order valence-corrected chi connectivity index (χ3v) is 5.18. The fourth-order valence-corrected chi connectivity index (χ4v) is 3.62. The van der Waals surface area contributed by atoms with Crippen LogP contribution in [0.1, 0.15) is 33.9 Å². The molecule has 1 aromatic heterocycles. The lowest BCUT2D eigenvalue weighted by atomic mass is 9.83. The maximum Gasteiger partial charge on any atom is 0.244 e. The van der Waals surface area contributed by atoms with Crippen molar-refractivity contribution in [2.24, 2.45) is 5.73 Å². The van der Waals surface area contributed by atoms with Crippen LogP contribution >= 0.6 is 0 Å². The first kappa shape index (κ1) is 19.4. The predicted octanol–water partition coefficient (Wildman–Crippen LogP) is 3.83. The van der Waals surface area contributed by atoms with Crippen molar-refractivity contribution in [1.29, 1.82) is 5.26 Å². The van der Waals surface area contributed by atoms with Crippen molar-refractivity contribution in [3.8, 4) is 23.4 Å². The number of allylic oxidation sites excluding steroid dienone is 1. The summed E-state index contributed by atoms with van der Waals surface area (Å²) in [6, 6.07) is 15.8. The van der Waals surface area contributed by atoms with E-state index in [4.69, 9.17) is 19.9 Å². The van der Waals surface area contributed by atoms with Crippen LogP contribution in [0, 0.1) is 25.2 Å². The number of hydrogen-bond acceptors (Lipinski definition) is 6. The first-order valence-corrected chi connectivity index (χ1v) is 9.50. The lowest BCUT2D eigenvalue weighted by molar-refractivity contribution is 0.296. The van der Waals surface area contributed by atoms with Crippen LogP contribution in [0.2, 0.25) is 0 Å². The van der Waals surface area contributed by atoms with Crippen LogP contribution in [0.15, 0.2) is 53.9 Å². The minimum absolute atomic E-state index is 0.0646. The third-order valence-electron chi connectivity index (χ3n) is 5.18. The summed E-state index contributed by atoms with van der Waals surface area (Å²) in [7, 11) is 1.62. The van der Waals surface area contributed by atoms with Gasteiger partial charge in [0.05, 0.1) is 13.0 Å². The molecule has 0 amide bonds. The Balaban J connectivity index is 1.72. The Morgan fingerprint density at radius 3 is 2.67 bits per heavy atom. The average molecular weight is 402 g/mol. The number of hydrogen-bond donors (Lipinski definition) is 2. The highest BCUT2D eigenvalue weighted by atomic mass is 16.5. The second-order valence-electron chi connectivity index (χ2n) is 7.17. The van der Waals surface area contributed by atoms with Gasteiger partial charge in [-0.25, -0.2) is 0 Å². The fourth-order valence-electron chi connectivity index (χ4n) is 3.62. The molecular formula is C23H22N4O3. The Kier molecular flexibility index (Phi) is 5.07. The number of aromatic nitrogens is 2. The van der Waals surface area contributed by atoms with E-state index >= 15 is 0 Å². The van der Waals surface area contributed by atoms with Crippen molar-refractivity contribution in [3.05, 3.63) is 81.9 Å². The van der Waals surface area contributed by atoms with Gasteiger partial charge < -0.3 is 19.9 Å². The molecular weight excluding hydrogens is 380 g/mol. The summed E-state index contributed by atoms with van der Waals surface area (Å²) in [4.78, 5) is 0. The van der Waals surface area contributed by atoms with Gasteiger partial charge in [0, 0.05) is 16.8 Å². The van der Waals surface area contributed by atoms with Gasteiger partial charge >= 0.3 is 0 Å². The molecule has 2 heterocycles. The van der Waals surface area contributed by atoms with E-state index < -0.39 is 0 Å². The standard InChI is InChI=1S/C23H22N4O3/c1-13-4-7-17(8-5-13)29-12-16-10-15(6-9-19(16)28-3)21-18(11-24)22(25)30-23-20(21)14(2)26-27-23/h4-10,21H,12,25H2,1-3H3,(H,26,27)/t21-/m1/s1. The molecule has 152 valence electrons. The third kappa shape index (κ3) is 3.44. The number of nitrogens with one attached hydrogen (secondary N) is 1. The normalized spacial score (nSPS) is 15.2.